The van der Waals surface area contributed by atoms with E-state index in [1.807, 2.05) is 53.3 Å². The number of carbonyl (C=O) groups is 1. The van der Waals surface area contributed by atoms with Crippen LogP contribution in [0.4, 0.5) is 0 Å². The van der Waals surface area contributed by atoms with Gasteiger partial charge in [0.1, 0.15) is 5.01 Å². The van der Waals surface area contributed by atoms with E-state index in [1.165, 1.54) is 0 Å². The number of nitrogens with zero attached hydrogens (tertiary/aromatic N) is 3. The third-order valence-electron chi connectivity index (χ3n) is 5.66. The number of fused-ring (bicyclic) bond motifs is 1. The molecule has 0 fully saturated rings. The topological polar surface area (TPSA) is 76.0 Å². The predicted molar refractivity (Wildman–Crippen MR) is 137 cm³/mol. The van der Waals surface area contributed by atoms with E-state index in [1.54, 1.807) is 37.3 Å². The van der Waals surface area contributed by atoms with Crippen LogP contribution in [-0.4, -0.2) is 48.3 Å². The van der Waals surface area contributed by atoms with E-state index in [0.29, 0.717) is 24.5 Å². The molecule has 0 saturated heterocycles. The van der Waals surface area contributed by atoms with Gasteiger partial charge in [-0.05, 0) is 29.2 Å². The summed E-state index contributed by atoms with van der Waals surface area (Å²) in [6.07, 6.45) is 0.377. The first kappa shape index (κ1) is 22.5. The zero-order valence-corrected chi connectivity index (χ0v) is 20.5. The number of aromatic nitrogens is 1. The maximum absolute atomic E-state index is 12.4. The van der Waals surface area contributed by atoms with Crippen LogP contribution in [0.1, 0.15) is 12.0 Å². The van der Waals surface area contributed by atoms with Gasteiger partial charge in [0.15, 0.2) is 16.7 Å². The van der Waals surface area contributed by atoms with Crippen molar-refractivity contribution in [2.75, 3.05) is 27.3 Å². The number of benzene rings is 2. The van der Waals surface area contributed by atoms with E-state index in [0.717, 1.165) is 51.3 Å². The number of carbonyl (C=O) groups excluding carboxylic acids is 1. The highest BCUT2D eigenvalue weighted by Gasteiger charge is 2.27. The van der Waals surface area contributed by atoms with Crippen molar-refractivity contribution in [2.24, 2.45) is 4.99 Å². The number of methoxy groups -OCH3 is 2. The van der Waals surface area contributed by atoms with Gasteiger partial charge in [-0.25, -0.2) is 4.98 Å². The average molecular weight is 493 g/mol. The van der Waals surface area contributed by atoms with Crippen molar-refractivity contribution in [2.45, 2.75) is 13.0 Å². The normalized spacial score (nSPS) is 14.5. The van der Waals surface area contributed by atoms with Crippen molar-refractivity contribution in [3.63, 3.8) is 0 Å². The number of nitrogens with one attached hydrogen (secondary N) is 1. The van der Waals surface area contributed by atoms with Crippen molar-refractivity contribution in [3.8, 4) is 33.3 Å². The second kappa shape index (κ2) is 9.90. The Morgan fingerprint density at radius 2 is 1.88 bits per heavy atom. The Bertz CT molecular complexity index is 1270. The van der Waals surface area contributed by atoms with Gasteiger partial charge in [0, 0.05) is 35.3 Å². The quantitative estimate of drug-likeness (QED) is 0.489. The molecule has 9 heteroatoms. The molecule has 0 bridgehead atoms. The molecule has 3 aromatic rings. The van der Waals surface area contributed by atoms with Gasteiger partial charge in [0.05, 0.1) is 32.9 Å². The lowest BCUT2D eigenvalue weighted by atomic mass is 10.1. The van der Waals surface area contributed by atoms with Crippen LogP contribution in [0.5, 0.6) is 11.5 Å². The first-order valence-electron chi connectivity index (χ1n) is 10.9. The summed E-state index contributed by atoms with van der Waals surface area (Å²) in [6, 6.07) is 13.9. The lowest BCUT2D eigenvalue weighted by molar-refractivity contribution is -0.120. The van der Waals surface area contributed by atoms with Crippen LogP contribution in [0.3, 0.4) is 0 Å². The molecule has 3 heterocycles. The number of hydrogen-bond acceptors (Lipinski definition) is 8. The Labute approximate surface area is 206 Å². The number of ether oxygens (including phenoxy) is 2. The van der Waals surface area contributed by atoms with Crippen molar-refractivity contribution in [3.05, 3.63) is 64.5 Å². The summed E-state index contributed by atoms with van der Waals surface area (Å²) in [5.41, 5.74) is 4.99. The van der Waals surface area contributed by atoms with E-state index in [2.05, 4.69) is 15.2 Å². The third kappa shape index (κ3) is 4.67. The fourth-order valence-electron chi connectivity index (χ4n) is 3.84. The number of thioether (sulfide) groups is 1. The molecule has 5 rings (SSSR count). The van der Waals surface area contributed by atoms with Crippen molar-refractivity contribution >= 4 is 34.2 Å². The molecule has 1 amide bonds. The van der Waals surface area contributed by atoms with Gasteiger partial charge >= 0.3 is 0 Å². The number of amides is 1. The Balaban J connectivity index is 1.19. The number of thiazole rings is 1. The van der Waals surface area contributed by atoms with Crippen LogP contribution in [0.25, 0.3) is 21.8 Å². The van der Waals surface area contributed by atoms with Crippen LogP contribution >= 0.6 is 23.1 Å². The molecule has 0 atom stereocenters. The summed E-state index contributed by atoms with van der Waals surface area (Å²) in [5.74, 6) is 1.39. The molecule has 2 aliphatic rings. The number of amidine groups is 1. The number of hydrogen-bond donors (Lipinski definition) is 1. The molecule has 7 nitrogen and oxygen atoms in total. The molecular formula is C25H24N4O3S2. The molecule has 34 heavy (non-hydrogen) atoms. The Morgan fingerprint density at radius 1 is 1.09 bits per heavy atom. The number of rotatable bonds is 8. The van der Waals surface area contributed by atoms with E-state index in [9.17, 15) is 4.79 Å². The van der Waals surface area contributed by atoms with Gasteiger partial charge in [-0.1, -0.05) is 36.0 Å². The maximum atomic E-state index is 12.4. The van der Waals surface area contributed by atoms with Crippen LogP contribution in [0.2, 0.25) is 0 Å². The summed E-state index contributed by atoms with van der Waals surface area (Å²) in [4.78, 5) is 23.8. The van der Waals surface area contributed by atoms with Crippen molar-refractivity contribution in [1.82, 2.24) is 15.2 Å². The molecule has 0 unspecified atom stereocenters. The zero-order chi connectivity index (χ0) is 23.5. The van der Waals surface area contributed by atoms with Crippen LogP contribution < -0.4 is 14.8 Å². The predicted octanol–water partition coefficient (Wildman–Crippen LogP) is 4.76. The van der Waals surface area contributed by atoms with Gasteiger partial charge in [0.25, 0.3) is 0 Å². The minimum absolute atomic E-state index is 0.0172. The van der Waals surface area contributed by atoms with E-state index < -0.39 is 0 Å². The van der Waals surface area contributed by atoms with Gasteiger partial charge in [0.2, 0.25) is 5.91 Å². The molecule has 1 N–H and O–H groups in total. The Hall–Kier alpha value is -3.30. The highest BCUT2D eigenvalue weighted by Crippen LogP contribution is 2.35. The summed E-state index contributed by atoms with van der Waals surface area (Å²) in [6.45, 7) is 2.17. The minimum Gasteiger partial charge on any atom is -0.493 e. The fraction of sp³-hybridized carbons (Fsp3) is 0.240. The van der Waals surface area contributed by atoms with Crippen LogP contribution in [0.15, 0.2) is 63.9 Å². The first-order chi connectivity index (χ1) is 16.6. The Morgan fingerprint density at radius 3 is 2.68 bits per heavy atom. The lowest BCUT2D eigenvalue weighted by Crippen LogP contribution is -2.28. The smallest absolute Gasteiger partial charge is 0.226 e. The summed E-state index contributed by atoms with van der Waals surface area (Å²) in [5, 5.41) is 9.03. The summed E-state index contributed by atoms with van der Waals surface area (Å²) < 4.78 is 10.7. The van der Waals surface area contributed by atoms with Gasteiger partial charge < -0.3 is 19.7 Å². The van der Waals surface area contributed by atoms with Crippen LogP contribution in [0, 0.1) is 0 Å². The van der Waals surface area contributed by atoms with Gasteiger partial charge in [-0.3, -0.25) is 9.79 Å². The maximum Gasteiger partial charge on any atom is 0.226 e. The number of aliphatic imine (C=N–C) groups is 1. The van der Waals surface area contributed by atoms with E-state index >= 15 is 0 Å². The second-order valence-corrected chi connectivity index (χ2v) is 9.50. The molecule has 0 radical (unpaired) electrons. The van der Waals surface area contributed by atoms with Gasteiger partial charge in [-0.2, -0.15) is 0 Å². The zero-order valence-electron chi connectivity index (χ0n) is 18.9. The minimum atomic E-state index is 0.0172. The standard InChI is InChI=1S/C25H24N4O3S2/c1-31-21-8-7-18(11-22(21)32-2)20-15-33-24(28-20)17-5-3-16(4-6-17)13-27-23(30)12-19-14-34-25-26-9-10-29(19)25/h3-8,11,14-15H,9-10,12-13H2,1-2H3,(H,27,30). The molecule has 0 aliphatic carbocycles. The fourth-order valence-corrected chi connectivity index (χ4v) is 5.63. The van der Waals surface area contributed by atoms with Crippen molar-refractivity contribution < 1.29 is 14.3 Å². The second-order valence-electron chi connectivity index (χ2n) is 7.80. The van der Waals surface area contributed by atoms with E-state index in [-0.39, 0.29) is 5.91 Å². The lowest BCUT2D eigenvalue weighted by Gasteiger charge is -2.16. The molecule has 174 valence electrons. The average Bonchev–Trinajstić information content (AvgIpc) is 3.62. The molecule has 2 aromatic carbocycles. The molecular weight excluding hydrogens is 468 g/mol. The third-order valence-corrected chi connectivity index (χ3v) is 7.51. The van der Waals surface area contributed by atoms with E-state index in [4.69, 9.17) is 14.5 Å². The summed E-state index contributed by atoms with van der Waals surface area (Å²) >= 11 is 3.19. The first-order valence-corrected chi connectivity index (χ1v) is 12.6. The van der Waals surface area contributed by atoms with Crippen LogP contribution in [-0.2, 0) is 11.3 Å². The highest BCUT2D eigenvalue weighted by atomic mass is 32.2. The molecule has 1 aromatic heterocycles. The molecule has 2 aliphatic heterocycles. The molecule has 0 saturated carbocycles. The molecule has 0 spiro atoms. The SMILES string of the molecule is COc1ccc(-c2csc(-c3ccc(CNC(=O)CC4=CSC5=NCCN45)cc3)n2)cc1OC. The largest absolute Gasteiger partial charge is 0.493 e. The Kier molecular flexibility index (Phi) is 6.55. The summed E-state index contributed by atoms with van der Waals surface area (Å²) in [7, 11) is 3.25. The highest BCUT2D eigenvalue weighted by molar-refractivity contribution is 8.16. The van der Waals surface area contributed by atoms with Gasteiger partial charge in [-0.15, -0.1) is 11.3 Å². The van der Waals surface area contributed by atoms with Crippen molar-refractivity contribution in [1.29, 1.82) is 0 Å². The monoisotopic (exact) mass is 492 g/mol.